The molecule has 1 aromatic heterocycles. The first-order chi connectivity index (χ1) is 5.97. The number of rotatable bonds is 3. The van der Waals surface area contributed by atoms with Crippen molar-refractivity contribution in [3.63, 3.8) is 0 Å². The highest BCUT2D eigenvalue weighted by Gasteiger charge is 2.27. The molecule has 0 saturated heterocycles. The first kappa shape index (κ1) is 11.0. The summed E-state index contributed by atoms with van der Waals surface area (Å²) in [6.07, 6.45) is -4.24. The molecule has 0 spiro atoms. The van der Waals surface area contributed by atoms with E-state index in [4.69, 9.17) is 0 Å². The molecule has 0 amide bonds. The highest BCUT2D eigenvalue weighted by Crippen LogP contribution is 2.23. The number of hydrogen-bond acceptors (Lipinski definition) is 2. The number of thiophene rings is 1. The SMILES string of the molecule is FC(F)(F)COCc1ccc(Br)s1. The fourth-order valence-electron chi connectivity index (χ4n) is 0.697. The molecule has 1 heterocycles. The Bertz CT molecular complexity index is 271. The Morgan fingerprint density at radius 1 is 1.38 bits per heavy atom. The molecular weight excluding hydrogens is 269 g/mol. The molecule has 0 aliphatic heterocycles. The highest BCUT2D eigenvalue weighted by molar-refractivity contribution is 9.11. The van der Waals surface area contributed by atoms with Gasteiger partial charge in [-0.2, -0.15) is 13.2 Å². The fraction of sp³-hybridized carbons (Fsp3) is 0.429. The van der Waals surface area contributed by atoms with Gasteiger partial charge in [-0.25, -0.2) is 0 Å². The zero-order chi connectivity index (χ0) is 9.90. The van der Waals surface area contributed by atoms with E-state index in [1.165, 1.54) is 11.3 Å². The summed E-state index contributed by atoms with van der Waals surface area (Å²) >= 11 is 4.57. The number of ether oxygens (including phenoxy) is 1. The summed E-state index contributed by atoms with van der Waals surface area (Å²) in [6, 6.07) is 3.50. The van der Waals surface area contributed by atoms with E-state index in [9.17, 15) is 13.2 Å². The average Bonchev–Trinajstić information content (AvgIpc) is 2.33. The smallest absolute Gasteiger partial charge is 0.367 e. The Morgan fingerprint density at radius 2 is 2.08 bits per heavy atom. The van der Waals surface area contributed by atoms with Gasteiger partial charge >= 0.3 is 6.18 Å². The van der Waals surface area contributed by atoms with Gasteiger partial charge in [-0.15, -0.1) is 11.3 Å². The van der Waals surface area contributed by atoms with E-state index in [1.54, 1.807) is 12.1 Å². The van der Waals surface area contributed by atoms with Crippen LogP contribution in [0.5, 0.6) is 0 Å². The summed E-state index contributed by atoms with van der Waals surface area (Å²) in [4.78, 5) is 0.774. The van der Waals surface area contributed by atoms with E-state index in [0.29, 0.717) is 0 Å². The average molecular weight is 275 g/mol. The van der Waals surface area contributed by atoms with Crippen LogP contribution in [0.15, 0.2) is 15.9 Å². The third-order valence-corrected chi connectivity index (χ3v) is 2.74. The van der Waals surface area contributed by atoms with Gasteiger partial charge in [-0.1, -0.05) is 0 Å². The van der Waals surface area contributed by atoms with Crippen LogP contribution in [0.1, 0.15) is 4.88 Å². The van der Waals surface area contributed by atoms with E-state index in [-0.39, 0.29) is 6.61 Å². The van der Waals surface area contributed by atoms with Gasteiger partial charge in [0.1, 0.15) is 6.61 Å². The Kier molecular flexibility index (Phi) is 3.75. The summed E-state index contributed by atoms with van der Waals surface area (Å²) in [7, 11) is 0. The zero-order valence-corrected chi connectivity index (χ0v) is 8.80. The summed E-state index contributed by atoms with van der Waals surface area (Å²) in [5.41, 5.74) is 0. The minimum atomic E-state index is -4.24. The first-order valence-corrected chi connectivity index (χ1v) is 4.97. The maximum Gasteiger partial charge on any atom is 0.411 e. The largest absolute Gasteiger partial charge is 0.411 e. The second-order valence-electron chi connectivity index (χ2n) is 2.31. The molecule has 0 saturated carbocycles. The second kappa shape index (κ2) is 4.43. The Hall–Kier alpha value is -0.0700. The van der Waals surface area contributed by atoms with Crippen LogP contribution in [-0.2, 0) is 11.3 Å². The van der Waals surface area contributed by atoms with E-state index in [2.05, 4.69) is 20.7 Å². The molecule has 74 valence electrons. The molecule has 1 nitrogen and oxygen atoms in total. The zero-order valence-electron chi connectivity index (χ0n) is 6.40. The van der Waals surface area contributed by atoms with Crippen LogP contribution < -0.4 is 0 Å². The fourth-order valence-corrected chi connectivity index (χ4v) is 2.12. The van der Waals surface area contributed by atoms with Crippen molar-refractivity contribution in [1.82, 2.24) is 0 Å². The van der Waals surface area contributed by atoms with Gasteiger partial charge in [0, 0.05) is 4.88 Å². The normalized spacial score (nSPS) is 12.0. The van der Waals surface area contributed by atoms with E-state index >= 15 is 0 Å². The van der Waals surface area contributed by atoms with Gasteiger partial charge in [0.05, 0.1) is 10.4 Å². The van der Waals surface area contributed by atoms with Crippen LogP contribution in [0, 0.1) is 0 Å². The van der Waals surface area contributed by atoms with Crippen molar-refractivity contribution in [1.29, 1.82) is 0 Å². The van der Waals surface area contributed by atoms with Crippen LogP contribution in [0.4, 0.5) is 13.2 Å². The van der Waals surface area contributed by atoms with Crippen molar-refractivity contribution in [2.75, 3.05) is 6.61 Å². The van der Waals surface area contributed by atoms with Crippen LogP contribution in [0.3, 0.4) is 0 Å². The van der Waals surface area contributed by atoms with Crippen molar-refractivity contribution >= 4 is 27.3 Å². The number of alkyl halides is 3. The number of halogens is 4. The maximum atomic E-state index is 11.6. The van der Waals surface area contributed by atoms with Crippen molar-refractivity contribution < 1.29 is 17.9 Å². The van der Waals surface area contributed by atoms with Gasteiger partial charge in [-0.05, 0) is 28.1 Å². The maximum absolute atomic E-state index is 11.6. The van der Waals surface area contributed by atoms with Crippen LogP contribution in [-0.4, -0.2) is 12.8 Å². The summed E-state index contributed by atoms with van der Waals surface area (Å²) in [6.45, 7) is -1.18. The third-order valence-electron chi connectivity index (χ3n) is 1.14. The Balaban J connectivity index is 2.28. The highest BCUT2D eigenvalue weighted by atomic mass is 79.9. The molecule has 0 fully saturated rings. The Morgan fingerprint density at radius 3 is 2.54 bits per heavy atom. The lowest BCUT2D eigenvalue weighted by atomic mass is 10.5. The minimum absolute atomic E-state index is 0.00970. The standard InChI is InChI=1S/C7H6BrF3OS/c8-6-2-1-5(13-6)3-12-4-7(9,10)11/h1-2H,3-4H2. The molecule has 13 heavy (non-hydrogen) atoms. The predicted octanol–water partition coefficient (Wildman–Crippen LogP) is 3.59. The van der Waals surface area contributed by atoms with Crippen LogP contribution in [0.2, 0.25) is 0 Å². The van der Waals surface area contributed by atoms with Gasteiger partial charge in [0.25, 0.3) is 0 Å². The molecule has 6 heteroatoms. The summed E-state index contributed by atoms with van der Waals surface area (Å²) < 4.78 is 40.2. The summed E-state index contributed by atoms with van der Waals surface area (Å²) in [5, 5.41) is 0. The molecule has 1 rings (SSSR count). The van der Waals surface area contributed by atoms with Crippen molar-refractivity contribution in [2.24, 2.45) is 0 Å². The van der Waals surface area contributed by atoms with Gasteiger partial charge in [0.2, 0.25) is 0 Å². The molecule has 0 bridgehead atoms. The van der Waals surface area contributed by atoms with Crippen molar-refractivity contribution in [3.05, 3.63) is 20.8 Å². The lowest BCUT2D eigenvalue weighted by Gasteiger charge is -2.05. The predicted molar refractivity (Wildman–Crippen MR) is 47.7 cm³/mol. The lowest BCUT2D eigenvalue weighted by molar-refractivity contribution is -0.176. The molecule has 0 aliphatic carbocycles. The van der Waals surface area contributed by atoms with E-state index in [0.717, 1.165) is 8.66 Å². The molecular formula is C7H6BrF3OS. The lowest BCUT2D eigenvalue weighted by Crippen LogP contribution is -2.16. The molecule has 0 radical (unpaired) electrons. The van der Waals surface area contributed by atoms with Crippen LogP contribution in [0.25, 0.3) is 0 Å². The van der Waals surface area contributed by atoms with Gasteiger partial charge < -0.3 is 4.74 Å². The second-order valence-corrected chi connectivity index (χ2v) is 4.86. The molecule has 0 aromatic carbocycles. The molecule has 1 aromatic rings. The monoisotopic (exact) mass is 274 g/mol. The van der Waals surface area contributed by atoms with E-state index < -0.39 is 12.8 Å². The first-order valence-electron chi connectivity index (χ1n) is 3.36. The van der Waals surface area contributed by atoms with E-state index in [1.807, 2.05) is 0 Å². The minimum Gasteiger partial charge on any atom is -0.367 e. The van der Waals surface area contributed by atoms with Crippen LogP contribution >= 0.6 is 27.3 Å². The van der Waals surface area contributed by atoms with Crippen molar-refractivity contribution in [2.45, 2.75) is 12.8 Å². The number of hydrogen-bond donors (Lipinski definition) is 0. The molecule has 0 atom stereocenters. The summed E-state index contributed by atoms with van der Waals surface area (Å²) in [5.74, 6) is 0. The molecule has 0 unspecified atom stereocenters. The Labute approximate surface area is 85.6 Å². The molecule has 0 aliphatic rings. The third kappa shape index (κ3) is 4.64. The topological polar surface area (TPSA) is 9.23 Å². The quantitative estimate of drug-likeness (QED) is 0.819. The van der Waals surface area contributed by atoms with Gasteiger partial charge in [0.15, 0.2) is 0 Å². The van der Waals surface area contributed by atoms with Gasteiger partial charge in [-0.3, -0.25) is 0 Å². The van der Waals surface area contributed by atoms with Crippen molar-refractivity contribution in [3.8, 4) is 0 Å². The molecule has 0 N–H and O–H groups in total.